The molecule has 180 valence electrons. The average molecular weight is 506 g/mol. The highest BCUT2D eigenvalue weighted by Gasteiger charge is 2.68. The highest BCUT2D eigenvalue weighted by molar-refractivity contribution is 7.93. The van der Waals surface area contributed by atoms with Gasteiger partial charge < -0.3 is 4.74 Å². The molecule has 35 heavy (non-hydrogen) atoms. The third-order valence-corrected chi connectivity index (χ3v) is 9.07. The number of halogens is 5. The predicted octanol–water partition coefficient (Wildman–Crippen LogP) is 5.34. The van der Waals surface area contributed by atoms with Crippen LogP contribution in [0.4, 0.5) is 22.0 Å². The molecule has 3 atom stereocenters. The topological polar surface area (TPSA) is 60.4 Å². The first-order valence-electron chi connectivity index (χ1n) is 10.3. The van der Waals surface area contributed by atoms with Gasteiger partial charge in [-0.15, -0.1) is 0 Å². The number of hydrogen-bond donors (Lipinski definition) is 0. The molecule has 0 aromatic heterocycles. The minimum Gasteiger partial charge on any atom is -0.425 e. The van der Waals surface area contributed by atoms with E-state index in [1.807, 2.05) is 0 Å². The standard InChI is InChI=1S/C25H15F5O4S/c1-12-11-25(35(32,33)13-7-3-2-4-8-13)18(14-9-5-6-10-15(14)34-24(25)31)16(12)17-19(26)21(28)23(30)22(29)20(17)27/h2-10,16,18H,1,11H2/t16-,18+,25+/m1/s1. The van der Waals surface area contributed by atoms with Crippen molar-refractivity contribution >= 4 is 15.8 Å². The van der Waals surface area contributed by atoms with Crippen molar-refractivity contribution in [3.63, 3.8) is 0 Å². The molecule has 2 aliphatic rings. The number of benzene rings is 3. The summed E-state index contributed by atoms with van der Waals surface area (Å²) in [6, 6.07) is 12.6. The van der Waals surface area contributed by atoms with Gasteiger partial charge in [-0.2, -0.15) is 0 Å². The van der Waals surface area contributed by atoms with Gasteiger partial charge in [0.1, 0.15) is 5.75 Å². The Hall–Kier alpha value is -3.53. The molecule has 0 amide bonds. The third kappa shape index (κ3) is 2.95. The number of carbonyl (C=O) groups is 1. The Morgan fingerprint density at radius 3 is 2.00 bits per heavy atom. The van der Waals surface area contributed by atoms with Gasteiger partial charge in [0.25, 0.3) is 0 Å². The van der Waals surface area contributed by atoms with Crippen LogP contribution in [-0.4, -0.2) is 19.1 Å². The maximum atomic E-state index is 15.0. The number of para-hydroxylation sites is 1. The summed E-state index contributed by atoms with van der Waals surface area (Å²) >= 11 is 0. The summed E-state index contributed by atoms with van der Waals surface area (Å²) in [5.74, 6) is -15.5. The number of rotatable bonds is 3. The lowest BCUT2D eigenvalue weighted by molar-refractivity contribution is -0.139. The zero-order valence-electron chi connectivity index (χ0n) is 17.7. The highest BCUT2D eigenvalue weighted by atomic mass is 32.2. The number of esters is 1. The molecule has 5 rings (SSSR count). The highest BCUT2D eigenvalue weighted by Crippen LogP contribution is 2.63. The van der Waals surface area contributed by atoms with Crippen molar-refractivity contribution in [2.45, 2.75) is 27.9 Å². The molecule has 10 heteroatoms. The van der Waals surface area contributed by atoms with Gasteiger partial charge in [-0.05, 0) is 18.2 Å². The molecule has 3 aromatic carbocycles. The van der Waals surface area contributed by atoms with Gasteiger partial charge >= 0.3 is 5.97 Å². The second-order valence-electron chi connectivity index (χ2n) is 8.41. The largest absolute Gasteiger partial charge is 0.425 e. The molecule has 0 saturated heterocycles. The second kappa shape index (κ2) is 7.74. The SMILES string of the molecule is C=C1C[C@@]2(S(=O)(=O)c3ccccc3)C(=O)Oc3ccccc3[C@H]2[C@H]1c1c(F)c(F)c(F)c(F)c1F. The zero-order valence-corrected chi connectivity index (χ0v) is 18.5. The van der Waals surface area contributed by atoms with Crippen LogP contribution in [0.15, 0.2) is 71.6 Å². The van der Waals surface area contributed by atoms with Crippen molar-refractivity contribution in [3.8, 4) is 5.75 Å². The molecule has 4 nitrogen and oxygen atoms in total. The number of sulfone groups is 1. The second-order valence-corrected chi connectivity index (χ2v) is 10.6. The Labute approximate surface area is 196 Å². The fourth-order valence-corrected chi connectivity index (χ4v) is 7.33. The summed E-state index contributed by atoms with van der Waals surface area (Å²) in [6.45, 7) is 3.72. The van der Waals surface area contributed by atoms with E-state index in [0.717, 1.165) is 0 Å². The average Bonchev–Trinajstić information content (AvgIpc) is 3.17. The van der Waals surface area contributed by atoms with E-state index in [-0.39, 0.29) is 21.8 Å². The molecular weight excluding hydrogens is 491 g/mol. The number of fused-ring (bicyclic) bond motifs is 3. The lowest BCUT2D eigenvalue weighted by atomic mass is 9.76. The minimum absolute atomic E-state index is 0.0687. The zero-order chi connectivity index (χ0) is 25.3. The fraction of sp³-hybridized carbons (Fsp3) is 0.160. The monoisotopic (exact) mass is 506 g/mol. The van der Waals surface area contributed by atoms with Crippen LogP contribution in [0.1, 0.15) is 29.4 Å². The van der Waals surface area contributed by atoms with Gasteiger partial charge in [0, 0.05) is 29.4 Å². The van der Waals surface area contributed by atoms with Crippen molar-refractivity contribution < 1.29 is 39.9 Å². The summed E-state index contributed by atoms with van der Waals surface area (Å²) in [7, 11) is -4.62. The summed E-state index contributed by atoms with van der Waals surface area (Å²) < 4.78 is 103. The molecule has 1 fully saturated rings. The van der Waals surface area contributed by atoms with Crippen molar-refractivity contribution in [2.75, 3.05) is 0 Å². The third-order valence-electron chi connectivity index (χ3n) is 6.66. The van der Waals surface area contributed by atoms with Crippen LogP contribution < -0.4 is 4.74 Å². The molecule has 1 aliphatic carbocycles. The van der Waals surface area contributed by atoms with E-state index >= 15 is 0 Å². The van der Waals surface area contributed by atoms with Crippen LogP contribution in [0.25, 0.3) is 0 Å². The lowest BCUT2D eigenvalue weighted by Crippen LogP contribution is -2.53. The smallest absolute Gasteiger partial charge is 0.334 e. The minimum atomic E-state index is -4.62. The summed E-state index contributed by atoms with van der Waals surface area (Å²) in [4.78, 5) is 13.2. The Bertz CT molecular complexity index is 1490. The fourth-order valence-electron chi connectivity index (χ4n) is 5.16. The molecule has 0 radical (unpaired) electrons. The van der Waals surface area contributed by atoms with E-state index in [0.29, 0.717) is 0 Å². The van der Waals surface area contributed by atoms with Crippen molar-refractivity contribution in [1.82, 2.24) is 0 Å². The predicted molar refractivity (Wildman–Crippen MR) is 114 cm³/mol. The van der Waals surface area contributed by atoms with Gasteiger partial charge in [0.05, 0.1) is 4.90 Å². The van der Waals surface area contributed by atoms with E-state index in [1.165, 1.54) is 48.5 Å². The molecule has 1 aliphatic heterocycles. The Morgan fingerprint density at radius 2 is 1.37 bits per heavy atom. The van der Waals surface area contributed by atoms with E-state index < -0.39 is 73.5 Å². The first-order chi connectivity index (χ1) is 16.5. The summed E-state index contributed by atoms with van der Waals surface area (Å²) in [5, 5.41) is 0. The van der Waals surface area contributed by atoms with Gasteiger partial charge in [0.15, 0.2) is 37.9 Å². The quantitative estimate of drug-likeness (QED) is 0.120. The maximum Gasteiger partial charge on any atom is 0.334 e. The van der Waals surface area contributed by atoms with Crippen molar-refractivity contribution in [3.05, 3.63) is 107 Å². The van der Waals surface area contributed by atoms with Crippen LogP contribution in [-0.2, 0) is 14.6 Å². The van der Waals surface area contributed by atoms with E-state index in [9.17, 15) is 35.2 Å². The molecule has 1 heterocycles. The van der Waals surface area contributed by atoms with Crippen LogP contribution in [0, 0.1) is 29.1 Å². The molecule has 0 spiro atoms. The van der Waals surface area contributed by atoms with E-state index in [4.69, 9.17) is 4.74 Å². The molecule has 0 unspecified atom stereocenters. The first-order valence-corrected chi connectivity index (χ1v) is 11.8. The lowest BCUT2D eigenvalue weighted by Gasteiger charge is -2.39. The number of hydrogen-bond acceptors (Lipinski definition) is 4. The molecule has 0 N–H and O–H groups in total. The van der Waals surface area contributed by atoms with Gasteiger partial charge in [-0.25, -0.2) is 35.2 Å². The van der Waals surface area contributed by atoms with Gasteiger partial charge in [-0.3, -0.25) is 0 Å². The van der Waals surface area contributed by atoms with Crippen LogP contribution in [0.5, 0.6) is 5.75 Å². The van der Waals surface area contributed by atoms with Crippen LogP contribution in [0.3, 0.4) is 0 Å². The Balaban J connectivity index is 1.87. The van der Waals surface area contributed by atoms with Crippen LogP contribution >= 0.6 is 0 Å². The normalized spacial score (nSPS) is 23.6. The van der Waals surface area contributed by atoms with Gasteiger partial charge in [-0.1, -0.05) is 48.6 Å². The maximum absolute atomic E-state index is 15.0. The summed E-state index contributed by atoms with van der Waals surface area (Å²) in [6.07, 6.45) is -0.647. The number of allylic oxidation sites excluding steroid dienone is 1. The molecule has 3 aromatic rings. The van der Waals surface area contributed by atoms with Crippen molar-refractivity contribution in [2.24, 2.45) is 0 Å². The van der Waals surface area contributed by atoms with E-state index in [2.05, 4.69) is 6.58 Å². The van der Waals surface area contributed by atoms with E-state index in [1.54, 1.807) is 6.07 Å². The molecular formula is C25H15F5O4S. The first kappa shape index (κ1) is 23.2. The van der Waals surface area contributed by atoms with Crippen molar-refractivity contribution in [1.29, 1.82) is 0 Å². The van der Waals surface area contributed by atoms with Crippen LogP contribution in [0.2, 0.25) is 0 Å². The number of ether oxygens (including phenoxy) is 1. The molecule has 1 saturated carbocycles. The van der Waals surface area contributed by atoms with Gasteiger partial charge in [0.2, 0.25) is 5.82 Å². The Morgan fingerprint density at radius 1 is 0.829 bits per heavy atom. The number of carbonyl (C=O) groups excluding carboxylic acids is 1. The summed E-state index contributed by atoms with van der Waals surface area (Å²) in [5.41, 5.74) is -1.36. The Kier molecular flexibility index (Phi) is 5.14. The molecule has 0 bridgehead atoms.